The highest BCUT2D eigenvalue weighted by Gasteiger charge is 2.39. The summed E-state index contributed by atoms with van der Waals surface area (Å²) in [4.78, 5) is 27.4. The van der Waals surface area contributed by atoms with Gasteiger partial charge in [0.25, 0.3) is 0 Å². The highest BCUT2D eigenvalue weighted by atomic mass is 16.7. The first-order valence-corrected chi connectivity index (χ1v) is 3.73. The molecule has 0 aliphatic carbocycles. The molecule has 0 spiro atoms. The van der Waals surface area contributed by atoms with Crippen LogP contribution in [0.1, 0.15) is 11.9 Å². The highest BCUT2D eigenvalue weighted by Crippen LogP contribution is 2.18. The molecule has 0 radical (unpaired) electrons. The molecule has 0 aromatic carbocycles. The summed E-state index contributed by atoms with van der Waals surface area (Å²) in [6.07, 6.45) is -2.30. The van der Waals surface area contributed by atoms with Gasteiger partial charge in [-0.3, -0.25) is 31.9 Å². The van der Waals surface area contributed by atoms with Crippen LogP contribution in [0.3, 0.4) is 0 Å². The number of hydrogen-bond donors (Lipinski definition) is 3. The number of nitrogens with zero attached hydrogens (tertiary/aromatic N) is 4. The van der Waals surface area contributed by atoms with Crippen molar-refractivity contribution in [3.8, 4) is 0 Å². The lowest BCUT2D eigenvalue weighted by Crippen LogP contribution is -2.19. The molecule has 0 unspecified atom stereocenters. The summed E-state index contributed by atoms with van der Waals surface area (Å²) < 4.78 is 0. The third-order valence-corrected chi connectivity index (χ3v) is 1.44. The Bertz CT molecular complexity index is 414. The quantitative estimate of drug-likeness (QED) is 0.249. The number of aromatic amines is 1. The zero-order valence-electron chi connectivity index (χ0n) is 8.05. The molecule has 0 fully saturated rings. The molecule has 0 saturated carbocycles. The van der Waals surface area contributed by atoms with E-state index in [2.05, 4.69) is 16.8 Å². The molecule has 1 aromatic rings. The van der Waals surface area contributed by atoms with E-state index in [4.69, 9.17) is 0 Å². The summed E-state index contributed by atoms with van der Waals surface area (Å²) in [6.45, 7) is 0. The second kappa shape index (κ2) is 6.03. The van der Waals surface area contributed by atoms with E-state index < -0.39 is 32.4 Å². The minimum Gasteiger partial charge on any atom is -0.358 e. The third-order valence-electron chi connectivity index (χ3n) is 1.44. The van der Waals surface area contributed by atoms with Crippen molar-refractivity contribution in [2.45, 2.75) is 6.17 Å². The lowest BCUT2D eigenvalue weighted by atomic mass is 10.3. The molecule has 13 nitrogen and oxygen atoms in total. The smallest absolute Gasteiger partial charge is 0.358 e. The maximum Gasteiger partial charge on any atom is 0.496 e. The van der Waals surface area contributed by atoms with Crippen LogP contribution in [0.25, 0.3) is 0 Å². The van der Waals surface area contributed by atoms with Crippen molar-refractivity contribution >= 4 is 5.82 Å². The number of nitro groups is 3. The van der Waals surface area contributed by atoms with Gasteiger partial charge in [0.2, 0.25) is 5.69 Å². The number of rotatable bonds is 4. The molecule has 0 atom stereocenters. The van der Waals surface area contributed by atoms with Gasteiger partial charge in [-0.1, -0.05) is 5.10 Å². The van der Waals surface area contributed by atoms with Crippen LogP contribution < -0.4 is 11.7 Å². The summed E-state index contributed by atoms with van der Waals surface area (Å²) in [5.41, 5.74) is -0.614. The predicted molar refractivity (Wildman–Crippen MR) is 50.3 cm³/mol. The molecule has 0 aliphatic rings. The fraction of sp³-hybridized carbons (Fsp3) is 0.250. The van der Waals surface area contributed by atoms with Gasteiger partial charge in [-0.2, -0.15) is 0 Å². The van der Waals surface area contributed by atoms with Crippen LogP contribution in [0.15, 0.2) is 6.07 Å². The standard InChI is InChI=1S/C4H3N5O6.H4N2/c10-7(11)3-1-2(5-6-3)4(8(12)13)9(14)15;1-2/h1,4H,(H,5,6);1-2H2. The summed E-state index contributed by atoms with van der Waals surface area (Å²) >= 11 is 0. The lowest BCUT2D eigenvalue weighted by Gasteiger charge is -1.95. The van der Waals surface area contributed by atoms with Crippen molar-refractivity contribution in [1.82, 2.24) is 10.2 Å². The lowest BCUT2D eigenvalue weighted by molar-refractivity contribution is -0.753. The Morgan fingerprint density at radius 1 is 1.18 bits per heavy atom. The van der Waals surface area contributed by atoms with Gasteiger partial charge in [0.05, 0.1) is 6.07 Å². The molecule has 5 N–H and O–H groups in total. The van der Waals surface area contributed by atoms with Gasteiger partial charge in [0.15, 0.2) is 0 Å². The summed E-state index contributed by atoms with van der Waals surface area (Å²) in [7, 11) is 0. The Kier molecular flexibility index (Phi) is 5.08. The highest BCUT2D eigenvalue weighted by molar-refractivity contribution is 5.20. The van der Waals surface area contributed by atoms with Gasteiger partial charge >= 0.3 is 12.0 Å². The van der Waals surface area contributed by atoms with Gasteiger partial charge in [-0.25, -0.2) is 0 Å². The summed E-state index contributed by atoms with van der Waals surface area (Å²) in [6, 6.07) is 0.649. The molecule has 0 bridgehead atoms. The van der Waals surface area contributed by atoms with E-state index in [0.29, 0.717) is 6.07 Å². The van der Waals surface area contributed by atoms with Crippen molar-refractivity contribution in [2.24, 2.45) is 11.7 Å². The van der Waals surface area contributed by atoms with Crippen molar-refractivity contribution in [3.05, 3.63) is 42.1 Å². The van der Waals surface area contributed by atoms with Gasteiger partial charge in [0.1, 0.15) is 9.85 Å². The number of nitrogens with two attached hydrogens (primary N) is 2. The number of hydrogen-bond acceptors (Lipinski definition) is 9. The van der Waals surface area contributed by atoms with E-state index in [1.807, 2.05) is 5.10 Å². The van der Waals surface area contributed by atoms with Crippen LogP contribution in [-0.2, 0) is 0 Å². The summed E-state index contributed by atoms with van der Waals surface area (Å²) in [5, 5.41) is 35.7. The Labute approximate surface area is 91.8 Å². The number of nitrogens with one attached hydrogen (secondary N) is 1. The predicted octanol–water partition coefficient (Wildman–Crippen LogP) is -1.31. The number of H-pyrrole nitrogens is 1. The summed E-state index contributed by atoms with van der Waals surface area (Å²) in [5.74, 6) is 7.36. The van der Waals surface area contributed by atoms with E-state index in [-0.39, 0.29) is 0 Å². The minimum absolute atomic E-state index is 0.614. The molecule has 1 aromatic heterocycles. The maximum absolute atomic E-state index is 10.3. The van der Waals surface area contributed by atoms with Crippen LogP contribution in [0.2, 0.25) is 0 Å². The van der Waals surface area contributed by atoms with E-state index >= 15 is 0 Å². The number of hydrazine groups is 1. The van der Waals surface area contributed by atoms with Crippen LogP contribution in [-0.4, -0.2) is 25.0 Å². The van der Waals surface area contributed by atoms with Crippen LogP contribution in [0, 0.1) is 30.3 Å². The Hall–Kier alpha value is -2.67. The fourth-order valence-electron chi connectivity index (χ4n) is 0.845. The van der Waals surface area contributed by atoms with Crippen LogP contribution in [0.5, 0.6) is 0 Å². The monoisotopic (exact) mass is 249 g/mol. The molecular formula is C4H7N7O6. The Morgan fingerprint density at radius 2 is 1.65 bits per heavy atom. The normalized spacial score (nSPS) is 9.35. The third kappa shape index (κ3) is 3.43. The molecular weight excluding hydrogens is 242 g/mol. The zero-order valence-corrected chi connectivity index (χ0v) is 8.05. The van der Waals surface area contributed by atoms with Crippen molar-refractivity contribution in [2.75, 3.05) is 0 Å². The fourth-order valence-corrected chi connectivity index (χ4v) is 0.845. The Balaban J connectivity index is 0.00000121. The second-order valence-electron chi connectivity index (χ2n) is 2.38. The largest absolute Gasteiger partial charge is 0.496 e. The van der Waals surface area contributed by atoms with Crippen molar-refractivity contribution in [1.29, 1.82) is 0 Å². The molecule has 1 heterocycles. The van der Waals surface area contributed by atoms with Crippen LogP contribution >= 0.6 is 0 Å². The molecule has 0 saturated heterocycles. The minimum atomic E-state index is -2.30. The molecule has 1 rings (SSSR count). The molecule has 94 valence electrons. The molecule has 0 amide bonds. The van der Waals surface area contributed by atoms with E-state index in [1.165, 1.54) is 0 Å². The molecule has 13 heteroatoms. The number of aromatic nitrogens is 2. The second-order valence-corrected chi connectivity index (χ2v) is 2.38. The maximum atomic E-state index is 10.3. The zero-order chi connectivity index (χ0) is 13.6. The van der Waals surface area contributed by atoms with Gasteiger partial charge in [0, 0.05) is 0 Å². The van der Waals surface area contributed by atoms with E-state index in [0.717, 1.165) is 0 Å². The van der Waals surface area contributed by atoms with E-state index in [9.17, 15) is 30.3 Å². The SMILES string of the molecule is NN.O=[N+]([O-])c1cc(C([N+](=O)[O-])[N+](=O)[O-])n[nH]1. The molecule has 17 heavy (non-hydrogen) atoms. The first-order chi connectivity index (χ1) is 7.93. The topological polar surface area (TPSA) is 210 Å². The first kappa shape index (κ1) is 14.3. The average Bonchev–Trinajstić information content (AvgIpc) is 2.69. The van der Waals surface area contributed by atoms with Gasteiger partial charge in [-0.15, -0.1) is 5.10 Å². The van der Waals surface area contributed by atoms with Crippen molar-refractivity contribution < 1.29 is 14.8 Å². The first-order valence-electron chi connectivity index (χ1n) is 3.73. The van der Waals surface area contributed by atoms with Crippen LogP contribution in [0.4, 0.5) is 5.82 Å². The van der Waals surface area contributed by atoms with Gasteiger partial charge < -0.3 is 10.1 Å². The Morgan fingerprint density at radius 3 is 1.94 bits per heavy atom. The van der Waals surface area contributed by atoms with Crippen molar-refractivity contribution in [3.63, 3.8) is 0 Å². The molecule has 0 aliphatic heterocycles. The van der Waals surface area contributed by atoms with Gasteiger partial charge in [-0.05, 0) is 4.92 Å². The average molecular weight is 249 g/mol. The van der Waals surface area contributed by atoms with E-state index in [1.54, 1.807) is 0 Å².